The Kier molecular flexibility index (Phi) is 3.06. The maximum absolute atomic E-state index is 11.7. The average Bonchev–Trinajstić information content (AvgIpc) is 3.01. The van der Waals surface area contributed by atoms with E-state index in [9.17, 15) is 9.90 Å². The topological polar surface area (TPSA) is 37.3 Å². The lowest BCUT2D eigenvalue weighted by Crippen LogP contribution is -2.36. The standard InChI is InChI=1S/C17H18O2/c18-16(19)17(12-14-8-9-15(17)11-14)10-4-7-13-5-2-1-3-6-13/h1-3,5-6,14-15H,8-12H2,(H,18,19). The summed E-state index contributed by atoms with van der Waals surface area (Å²) in [4.78, 5) is 11.7. The zero-order valence-corrected chi connectivity index (χ0v) is 10.9. The molecule has 2 saturated carbocycles. The highest BCUT2D eigenvalue weighted by atomic mass is 16.4. The van der Waals surface area contributed by atoms with Crippen molar-refractivity contribution in [2.75, 3.05) is 0 Å². The van der Waals surface area contributed by atoms with Crippen LogP contribution >= 0.6 is 0 Å². The fraction of sp³-hybridized carbons (Fsp3) is 0.471. The van der Waals surface area contributed by atoms with Gasteiger partial charge in [-0.2, -0.15) is 0 Å². The van der Waals surface area contributed by atoms with Crippen molar-refractivity contribution >= 4 is 5.97 Å². The Morgan fingerprint density at radius 2 is 2.11 bits per heavy atom. The third-order valence-corrected chi connectivity index (χ3v) is 4.81. The van der Waals surface area contributed by atoms with Crippen LogP contribution in [0.15, 0.2) is 30.3 Å². The van der Waals surface area contributed by atoms with E-state index in [-0.39, 0.29) is 0 Å². The smallest absolute Gasteiger partial charge is 0.310 e. The van der Waals surface area contributed by atoms with Gasteiger partial charge in [0.25, 0.3) is 0 Å². The van der Waals surface area contributed by atoms with Crippen LogP contribution in [0, 0.1) is 29.1 Å². The molecule has 0 amide bonds. The normalized spacial score (nSPS) is 31.8. The number of aliphatic carboxylic acids is 1. The molecule has 0 heterocycles. The summed E-state index contributed by atoms with van der Waals surface area (Å²) in [5.74, 6) is 6.55. The largest absolute Gasteiger partial charge is 0.481 e. The molecule has 1 aromatic rings. The molecule has 0 aromatic heterocycles. The Labute approximate surface area is 113 Å². The maximum atomic E-state index is 11.7. The van der Waals surface area contributed by atoms with E-state index in [1.165, 1.54) is 6.42 Å². The Balaban J connectivity index is 1.78. The first-order valence-electron chi connectivity index (χ1n) is 6.98. The van der Waals surface area contributed by atoms with Gasteiger partial charge in [0.15, 0.2) is 0 Å². The van der Waals surface area contributed by atoms with E-state index in [0.29, 0.717) is 18.3 Å². The molecule has 1 aromatic carbocycles. The summed E-state index contributed by atoms with van der Waals surface area (Å²) in [7, 11) is 0. The van der Waals surface area contributed by atoms with Gasteiger partial charge >= 0.3 is 5.97 Å². The van der Waals surface area contributed by atoms with E-state index in [1.54, 1.807) is 0 Å². The van der Waals surface area contributed by atoms with Crippen LogP contribution in [0.3, 0.4) is 0 Å². The number of carboxylic acids is 1. The van der Waals surface area contributed by atoms with Gasteiger partial charge in [0.1, 0.15) is 0 Å². The van der Waals surface area contributed by atoms with Gasteiger partial charge in [-0.1, -0.05) is 36.5 Å². The Bertz CT molecular complexity index is 537. The van der Waals surface area contributed by atoms with Crippen LogP contribution in [0.2, 0.25) is 0 Å². The molecule has 2 aliphatic rings. The van der Waals surface area contributed by atoms with Crippen LogP contribution in [0.25, 0.3) is 0 Å². The number of rotatable bonds is 2. The number of hydrogen-bond donors (Lipinski definition) is 1. The molecule has 2 bridgehead atoms. The maximum Gasteiger partial charge on any atom is 0.310 e. The van der Waals surface area contributed by atoms with Crippen LogP contribution in [0.1, 0.15) is 37.7 Å². The van der Waals surface area contributed by atoms with Gasteiger partial charge < -0.3 is 5.11 Å². The second-order valence-corrected chi connectivity index (χ2v) is 5.89. The summed E-state index contributed by atoms with van der Waals surface area (Å²) in [5, 5.41) is 9.62. The number of carboxylic acid groups (broad SMARTS) is 1. The molecule has 0 spiro atoms. The highest BCUT2D eigenvalue weighted by molar-refractivity contribution is 5.76. The lowest BCUT2D eigenvalue weighted by atomic mass is 9.71. The molecule has 2 nitrogen and oxygen atoms in total. The molecular formula is C17H18O2. The molecule has 0 radical (unpaired) electrons. The van der Waals surface area contributed by atoms with Gasteiger partial charge in [0.2, 0.25) is 0 Å². The fourth-order valence-electron chi connectivity index (χ4n) is 3.82. The molecule has 1 N–H and O–H groups in total. The van der Waals surface area contributed by atoms with Crippen LogP contribution in [0.4, 0.5) is 0 Å². The van der Waals surface area contributed by atoms with Crippen molar-refractivity contribution in [3.8, 4) is 11.8 Å². The molecule has 0 saturated heterocycles. The van der Waals surface area contributed by atoms with Crippen LogP contribution in [-0.2, 0) is 4.79 Å². The van der Waals surface area contributed by atoms with Crippen molar-refractivity contribution in [1.82, 2.24) is 0 Å². The quantitative estimate of drug-likeness (QED) is 0.822. The number of benzene rings is 1. The van der Waals surface area contributed by atoms with Crippen molar-refractivity contribution in [3.05, 3.63) is 35.9 Å². The predicted molar refractivity (Wildman–Crippen MR) is 73.5 cm³/mol. The minimum atomic E-state index is -0.637. The highest BCUT2D eigenvalue weighted by Crippen LogP contribution is 2.57. The SMILES string of the molecule is O=C(O)C1(CC#Cc2ccccc2)CC2CCC1C2. The molecule has 2 fully saturated rings. The highest BCUT2D eigenvalue weighted by Gasteiger charge is 2.55. The molecule has 19 heavy (non-hydrogen) atoms. The first-order chi connectivity index (χ1) is 9.21. The second kappa shape index (κ2) is 4.74. The first kappa shape index (κ1) is 12.3. The summed E-state index contributed by atoms with van der Waals surface area (Å²) in [5.41, 5.74) is 0.399. The summed E-state index contributed by atoms with van der Waals surface area (Å²) >= 11 is 0. The van der Waals surface area contributed by atoms with Gasteiger partial charge in [-0.25, -0.2) is 0 Å². The minimum Gasteiger partial charge on any atom is -0.481 e. The van der Waals surface area contributed by atoms with E-state index in [1.807, 2.05) is 30.3 Å². The molecule has 0 aliphatic heterocycles. The Morgan fingerprint density at radius 1 is 1.32 bits per heavy atom. The summed E-state index contributed by atoms with van der Waals surface area (Å²) < 4.78 is 0. The Morgan fingerprint density at radius 3 is 2.68 bits per heavy atom. The lowest BCUT2D eigenvalue weighted by Gasteiger charge is -2.31. The number of hydrogen-bond acceptors (Lipinski definition) is 1. The second-order valence-electron chi connectivity index (χ2n) is 5.89. The van der Waals surface area contributed by atoms with E-state index in [4.69, 9.17) is 0 Å². The fourth-order valence-corrected chi connectivity index (χ4v) is 3.82. The van der Waals surface area contributed by atoms with Crippen molar-refractivity contribution in [2.24, 2.45) is 17.3 Å². The number of fused-ring (bicyclic) bond motifs is 2. The molecule has 2 aliphatic carbocycles. The van der Waals surface area contributed by atoms with Crippen LogP contribution < -0.4 is 0 Å². The van der Waals surface area contributed by atoms with Crippen molar-refractivity contribution < 1.29 is 9.90 Å². The molecule has 98 valence electrons. The van der Waals surface area contributed by atoms with Crippen molar-refractivity contribution in [2.45, 2.75) is 32.1 Å². The predicted octanol–water partition coefficient (Wildman–Crippen LogP) is 3.32. The summed E-state index contributed by atoms with van der Waals surface area (Å²) in [6, 6.07) is 9.78. The van der Waals surface area contributed by atoms with Crippen LogP contribution in [0.5, 0.6) is 0 Å². The summed E-state index contributed by atoms with van der Waals surface area (Å²) in [6.07, 6.45) is 4.71. The molecule has 3 unspecified atom stereocenters. The molecular weight excluding hydrogens is 236 g/mol. The van der Waals surface area contributed by atoms with E-state index in [2.05, 4.69) is 11.8 Å². The molecule has 2 heteroatoms. The van der Waals surface area contributed by atoms with E-state index < -0.39 is 11.4 Å². The third-order valence-electron chi connectivity index (χ3n) is 4.81. The molecule has 3 atom stereocenters. The van der Waals surface area contributed by atoms with E-state index in [0.717, 1.165) is 24.8 Å². The lowest BCUT2D eigenvalue weighted by molar-refractivity contribution is -0.152. The zero-order valence-electron chi connectivity index (χ0n) is 10.9. The third kappa shape index (κ3) is 2.14. The van der Waals surface area contributed by atoms with Crippen molar-refractivity contribution in [1.29, 1.82) is 0 Å². The summed E-state index contributed by atoms with van der Waals surface area (Å²) in [6.45, 7) is 0. The monoisotopic (exact) mass is 254 g/mol. The average molecular weight is 254 g/mol. The van der Waals surface area contributed by atoms with Gasteiger partial charge in [-0.05, 0) is 43.2 Å². The van der Waals surface area contributed by atoms with Crippen LogP contribution in [-0.4, -0.2) is 11.1 Å². The van der Waals surface area contributed by atoms with Crippen molar-refractivity contribution in [3.63, 3.8) is 0 Å². The van der Waals surface area contributed by atoms with Gasteiger partial charge in [-0.15, -0.1) is 0 Å². The first-order valence-corrected chi connectivity index (χ1v) is 6.98. The van der Waals surface area contributed by atoms with Gasteiger partial charge in [0.05, 0.1) is 5.41 Å². The zero-order chi connectivity index (χ0) is 13.3. The number of carbonyl (C=O) groups is 1. The molecule has 3 rings (SSSR count). The minimum absolute atomic E-state index is 0.347. The van der Waals surface area contributed by atoms with Gasteiger partial charge in [-0.3, -0.25) is 4.79 Å². The Hall–Kier alpha value is -1.75. The van der Waals surface area contributed by atoms with Gasteiger partial charge in [0, 0.05) is 12.0 Å². The van der Waals surface area contributed by atoms with E-state index >= 15 is 0 Å².